The van der Waals surface area contributed by atoms with Gasteiger partial charge in [0.05, 0.1) is 0 Å². The van der Waals surface area contributed by atoms with Crippen LogP contribution < -0.4 is 10.2 Å². The Bertz CT molecular complexity index is 667. The molecule has 2 aromatic rings. The average molecular weight is 280 g/mol. The van der Waals surface area contributed by atoms with E-state index in [0.29, 0.717) is 0 Å². The summed E-state index contributed by atoms with van der Waals surface area (Å²) in [5.74, 6) is 4.23. The monoisotopic (exact) mass is 280 g/mol. The van der Waals surface area contributed by atoms with Gasteiger partial charge in [0.15, 0.2) is 0 Å². The predicted molar refractivity (Wildman–Crippen MR) is 84.7 cm³/mol. The molecule has 1 aromatic carbocycles. The molecule has 1 heterocycles. The zero-order valence-electron chi connectivity index (χ0n) is 12.5. The summed E-state index contributed by atoms with van der Waals surface area (Å²) >= 11 is 0. The molecule has 0 spiro atoms. The van der Waals surface area contributed by atoms with Crippen LogP contribution in [0.2, 0.25) is 0 Å². The minimum absolute atomic E-state index is 0.762. The zero-order valence-corrected chi connectivity index (χ0v) is 12.5. The Hall–Kier alpha value is -2.10. The Morgan fingerprint density at radius 1 is 1.24 bits per heavy atom. The van der Waals surface area contributed by atoms with Gasteiger partial charge in [-0.15, -0.1) is 0 Å². The zero-order chi connectivity index (χ0) is 14.4. The van der Waals surface area contributed by atoms with Crippen LogP contribution in [0.15, 0.2) is 36.7 Å². The number of rotatable bonds is 4. The van der Waals surface area contributed by atoms with Crippen LogP contribution in [0.4, 0.5) is 11.6 Å². The minimum Gasteiger partial charge on any atom is -0.370 e. The van der Waals surface area contributed by atoms with E-state index in [9.17, 15) is 0 Å². The molecule has 4 nitrogen and oxygen atoms in total. The summed E-state index contributed by atoms with van der Waals surface area (Å²) in [6, 6.07) is 10.9. The van der Waals surface area contributed by atoms with Crippen LogP contribution in [-0.4, -0.2) is 30.6 Å². The Morgan fingerprint density at radius 2 is 2.10 bits per heavy atom. The third kappa shape index (κ3) is 2.15. The van der Waals surface area contributed by atoms with E-state index in [1.54, 1.807) is 17.5 Å². The van der Waals surface area contributed by atoms with Gasteiger partial charge in [-0.05, 0) is 35.3 Å². The molecule has 0 aliphatic heterocycles. The summed E-state index contributed by atoms with van der Waals surface area (Å²) in [6.45, 7) is 1.01. The molecular weight excluding hydrogens is 260 g/mol. The first-order valence-corrected chi connectivity index (χ1v) is 7.55. The molecular formula is C17H20N4. The summed E-state index contributed by atoms with van der Waals surface area (Å²) in [4.78, 5) is 10.5. The Morgan fingerprint density at radius 3 is 2.95 bits per heavy atom. The van der Waals surface area contributed by atoms with Gasteiger partial charge in [0.25, 0.3) is 0 Å². The first-order chi connectivity index (χ1) is 10.2. The predicted octanol–water partition coefficient (Wildman–Crippen LogP) is 2.54. The average Bonchev–Trinajstić information content (AvgIpc) is 3.04. The van der Waals surface area contributed by atoms with Crippen molar-refractivity contribution in [2.75, 3.05) is 30.9 Å². The van der Waals surface area contributed by atoms with Crippen molar-refractivity contribution in [3.05, 3.63) is 47.8 Å². The van der Waals surface area contributed by atoms with Gasteiger partial charge in [-0.2, -0.15) is 0 Å². The summed E-state index contributed by atoms with van der Waals surface area (Å²) in [6.07, 6.45) is 2.88. The van der Waals surface area contributed by atoms with Crippen molar-refractivity contribution >= 4 is 11.6 Å². The van der Waals surface area contributed by atoms with E-state index < -0.39 is 0 Å². The fraction of sp³-hybridized carbons (Fsp3) is 0.412. The van der Waals surface area contributed by atoms with Crippen molar-refractivity contribution in [3.8, 4) is 0 Å². The molecule has 108 valence electrons. The quantitative estimate of drug-likeness (QED) is 0.934. The second-order valence-electron chi connectivity index (χ2n) is 6.29. The van der Waals surface area contributed by atoms with E-state index in [0.717, 1.165) is 35.9 Å². The molecule has 3 atom stereocenters. The number of nitrogens with zero attached hydrogens (tertiary/aromatic N) is 3. The molecule has 0 saturated heterocycles. The maximum absolute atomic E-state index is 4.31. The minimum atomic E-state index is 0.762. The van der Waals surface area contributed by atoms with Crippen LogP contribution >= 0.6 is 0 Å². The van der Waals surface area contributed by atoms with Crippen LogP contribution in [0.3, 0.4) is 0 Å². The van der Waals surface area contributed by atoms with Crippen molar-refractivity contribution < 1.29 is 0 Å². The van der Waals surface area contributed by atoms with Gasteiger partial charge in [-0.3, -0.25) is 0 Å². The van der Waals surface area contributed by atoms with Gasteiger partial charge >= 0.3 is 0 Å². The molecule has 1 saturated carbocycles. The molecule has 0 amide bonds. The Labute approximate surface area is 125 Å². The summed E-state index contributed by atoms with van der Waals surface area (Å²) < 4.78 is 0. The second-order valence-corrected chi connectivity index (χ2v) is 6.29. The molecule has 4 heteroatoms. The summed E-state index contributed by atoms with van der Waals surface area (Å²) in [7, 11) is 3.99. The maximum Gasteiger partial charge on any atom is 0.133 e. The molecule has 2 aliphatic rings. The number of benzene rings is 1. The van der Waals surface area contributed by atoms with E-state index >= 15 is 0 Å². The number of hydrogen-bond donors (Lipinski definition) is 1. The Kier molecular flexibility index (Phi) is 2.84. The van der Waals surface area contributed by atoms with E-state index in [1.165, 1.54) is 6.42 Å². The second kappa shape index (κ2) is 4.72. The van der Waals surface area contributed by atoms with Crippen molar-refractivity contribution in [1.29, 1.82) is 0 Å². The summed E-state index contributed by atoms with van der Waals surface area (Å²) in [5, 5.41) is 3.48. The SMILES string of the molecule is CN(C)c1cc(NCC2C3Cc4ccccc4C23)ncn1. The Balaban J connectivity index is 1.41. The highest BCUT2D eigenvalue weighted by Crippen LogP contribution is 2.61. The van der Waals surface area contributed by atoms with Crippen LogP contribution in [0.25, 0.3) is 0 Å². The highest BCUT2D eigenvalue weighted by atomic mass is 15.2. The summed E-state index contributed by atoms with van der Waals surface area (Å²) in [5.41, 5.74) is 3.13. The number of anilines is 2. The molecule has 1 aromatic heterocycles. The molecule has 0 bridgehead atoms. The smallest absolute Gasteiger partial charge is 0.133 e. The molecule has 1 N–H and O–H groups in total. The van der Waals surface area contributed by atoms with E-state index in [1.807, 2.05) is 25.1 Å². The lowest BCUT2D eigenvalue weighted by Gasteiger charge is -2.13. The van der Waals surface area contributed by atoms with Gasteiger partial charge in [0, 0.05) is 26.7 Å². The van der Waals surface area contributed by atoms with Crippen LogP contribution in [0.1, 0.15) is 17.0 Å². The van der Waals surface area contributed by atoms with Gasteiger partial charge in [0.2, 0.25) is 0 Å². The first-order valence-electron chi connectivity index (χ1n) is 7.55. The van der Waals surface area contributed by atoms with E-state index in [2.05, 4.69) is 39.6 Å². The fourth-order valence-electron chi connectivity index (χ4n) is 3.67. The lowest BCUT2D eigenvalue weighted by atomic mass is 10.0. The van der Waals surface area contributed by atoms with Crippen LogP contribution in [0, 0.1) is 11.8 Å². The number of fused-ring (bicyclic) bond motifs is 3. The van der Waals surface area contributed by atoms with Gasteiger partial charge < -0.3 is 10.2 Å². The third-order valence-electron chi connectivity index (χ3n) is 4.83. The van der Waals surface area contributed by atoms with Crippen molar-refractivity contribution in [2.45, 2.75) is 12.3 Å². The highest BCUT2D eigenvalue weighted by Gasteiger charge is 2.54. The van der Waals surface area contributed by atoms with Crippen LogP contribution in [-0.2, 0) is 6.42 Å². The lowest BCUT2D eigenvalue weighted by molar-refractivity contribution is 0.718. The molecule has 4 rings (SSSR count). The number of aromatic nitrogens is 2. The molecule has 2 aliphatic carbocycles. The van der Waals surface area contributed by atoms with E-state index in [4.69, 9.17) is 0 Å². The van der Waals surface area contributed by atoms with Gasteiger partial charge in [0.1, 0.15) is 18.0 Å². The van der Waals surface area contributed by atoms with Crippen LogP contribution in [0.5, 0.6) is 0 Å². The molecule has 3 unspecified atom stereocenters. The third-order valence-corrected chi connectivity index (χ3v) is 4.83. The normalized spacial score (nSPS) is 25.1. The lowest BCUT2D eigenvalue weighted by Crippen LogP contribution is -2.13. The fourth-order valence-corrected chi connectivity index (χ4v) is 3.67. The number of hydrogen-bond acceptors (Lipinski definition) is 4. The largest absolute Gasteiger partial charge is 0.370 e. The van der Waals surface area contributed by atoms with Crippen molar-refractivity contribution in [3.63, 3.8) is 0 Å². The maximum atomic E-state index is 4.31. The van der Waals surface area contributed by atoms with Crippen molar-refractivity contribution in [1.82, 2.24) is 9.97 Å². The van der Waals surface area contributed by atoms with Gasteiger partial charge in [-0.25, -0.2) is 9.97 Å². The van der Waals surface area contributed by atoms with Crippen molar-refractivity contribution in [2.24, 2.45) is 11.8 Å². The molecule has 0 radical (unpaired) electrons. The number of nitrogens with one attached hydrogen (secondary N) is 1. The molecule has 1 fully saturated rings. The highest BCUT2D eigenvalue weighted by molar-refractivity contribution is 5.49. The van der Waals surface area contributed by atoms with E-state index in [-0.39, 0.29) is 0 Å². The first kappa shape index (κ1) is 12.6. The van der Waals surface area contributed by atoms with Gasteiger partial charge in [-0.1, -0.05) is 24.3 Å². The topological polar surface area (TPSA) is 41.0 Å². The standard InChI is InChI=1S/C17H20N4/c1-21(2)16-8-15(19-10-20-16)18-9-14-13-7-11-5-3-4-6-12(11)17(13)14/h3-6,8,10,13-14,17H,7,9H2,1-2H3,(H,18,19,20). The molecule has 21 heavy (non-hydrogen) atoms.